The Morgan fingerprint density at radius 2 is 1.53 bits per heavy atom. The average molecular weight is 238 g/mol. The van der Waals surface area contributed by atoms with Crippen molar-refractivity contribution < 1.29 is 14.4 Å². The van der Waals surface area contributed by atoms with Crippen molar-refractivity contribution in [2.45, 2.75) is 20.8 Å². The van der Waals surface area contributed by atoms with Crippen molar-refractivity contribution in [3.63, 3.8) is 0 Å². The summed E-state index contributed by atoms with van der Waals surface area (Å²) in [5.74, 6) is -2.16. The molecule has 0 saturated heterocycles. The Labute approximate surface area is 95.3 Å². The third kappa shape index (κ3) is 2.12. The summed E-state index contributed by atoms with van der Waals surface area (Å²) in [5, 5.41) is 0. The second kappa shape index (κ2) is 4.28. The van der Waals surface area contributed by atoms with E-state index in [1.807, 2.05) is 0 Å². The van der Waals surface area contributed by atoms with Gasteiger partial charge in [-0.2, -0.15) is 4.57 Å². The smallest absolute Gasteiger partial charge is 0.294 e. The second-order valence-electron chi connectivity index (χ2n) is 3.43. The molecule has 0 amide bonds. The van der Waals surface area contributed by atoms with Crippen LogP contribution in [-0.4, -0.2) is 26.7 Å². The maximum absolute atomic E-state index is 11.6. The molecule has 0 aromatic carbocycles. The molecule has 90 valence electrons. The van der Waals surface area contributed by atoms with Crippen LogP contribution in [0.1, 0.15) is 40.7 Å². The predicted molar refractivity (Wildman–Crippen MR) is 57.6 cm³/mol. The van der Waals surface area contributed by atoms with Gasteiger partial charge in [-0.3, -0.25) is 19.2 Å². The molecule has 0 aliphatic rings. The van der Waals surface area contributed by atoms with Crippen LogP contribution in [0.3, 0.4) is 0 Å². The number of rotatable bonds is 1. The Hall–Kier alpha value is -2.31. The summed E-state index contributed by atoms with van der Waals surface area (Å²) in [4.78, 5) is 56.8. The Bertz CT molecular complexity index is 589. The SMILES string of the molecule is CC(=O)c1cn(C(C)=O)c(=O)n(C(C)=O)c1=O. The molecule has 7 nitrogen and oxygen atoms in total. The number of nitrogens with zero attached hydrogens (tertiary/aromatic N) is 2. The fourth-order valence-electron chi connectivity index (χ4n) is 1.30. The van der Waals surface area contributed by atoms with E-state index in [0.29, 0.717) is 4.57 Å². The van der Waals surface area contributed by atoms with E-state index >= 15 is 0 Å². The van der Waals surface area contributed by atoms with Crippen LogP contribution in [0.25, 0.3) is 0 Å². The molecule has 7 heteroatoms. The molecule has 0 unspecified atom stereocenters. The number of carbonyl (C=O) groups is 3. The normalized spacial score (nSPS) is 10.1. The standard InChI is InChI=1S/C10H10N2O5/c1-5(13)8-4-11(6(2)14)10(17)12(7(3)15)9(8)16/h4H,1-3H3. The van der Waals surface area contributed by atoms with E-state index in [2.05, 4.69) is 0 Å². The van der Waals surface area contributed by atoms with Gasteiger partial charge in [-0.25, -0.2) is 9.36 Å². The lowest BCUT2D eigenvalue weighted by Gasteiger charge is -2.06. The zero-order valence-electron chi connectivity index (χ0n) is 9.51. The number of Topliss-reactive ketones (excluding diaryl/α,β-unsaturated/α-hetero) is 1. The molecule has 0 N–H and O–H groups in total. The van der Waals surface area contributed by atoms with E-state index in [4.69, 9.17) is 0 Å². The highest BCUT2D eigenvalue weighted by Gasteiger charge is 2.18. The van der Waals surface area contributed by atoms with Crippen LogP contribution in [0.15, 0.2) is 15.8 Å². The molecule has 1 heterocycles. The molecule has 17 heavy (non-hydrogen) atoms. The van der Waals surface area contributed by atoms with Gasteiger partial charge in [0.1, 0.15) is 5.56 Å². The summed E-state index contributed by atoms with van der Waals surface area (Å²) in [6.07, 6.45) is 0.856. The van der Waals surface area contributed by atoms with E-state index in [-0.39, 0.29) is 10.1 Å². The van der Waals surface area contributed by atoms with Crippen LogP contribution in [0.2, 0.25) is 0 Å². The van der Waals surface area contributed by atoms with Gasteiger partial charge in [0.2, 0.25) is 11.8 Å². The zero-order chi connectivity index (χ0) is 13.3. The Morgan fingerprint density at radius 3 is 1.88 bits per heavy atom. The fourth-order valence-corrected chi connectivity index (χ4v) is 1.30. The summed E-state index contributed by atoms with van der Waals surface area (Å²) in [5.41, 5.74) is -2.46. The van der Waals surface area contributed by atoms with Gasteiger partial charge in [0.25, 0.3) is 5.56 Å². The summed E-state index contributed by atoms with van der Waals surface area (Å²) >= 11 is 0. The van der Waals surface area contributed by atoms with Crippen molar-refractivity contribution >= 4 is 17.6 Å². The average Bonchev–Trinajstić information content (AvgIpc) is 2.15. The first-order valence-electron chi connectivity index (χ1n) is 4.69. The third-order valence-corrected chi connectivity index (χ3v) is 2.12. The Morgan fingerprint density at radius 1 is 1.00 bits per heavy atom. The van der Waals surface area contributed by atoms with Gasteiger partial charge in [-0.1, -0.05) is 0 Å². The lowest BCUT2D eigenvalue weighted by molar-refractivity contribution is 0.0906. The highest BCUT2D eigenvalue weighted by atomic mass is 16.2. The maximum atomic E-state index is 11.6. The van der Waals surface area contributed by atoms with Gasteiger partial charge in [-0.15, -0.1) is 0 Å². The number of ketones is 1. The molecule has 0 radical (unpaired) electrons. The highest BCUT2D eigenvalue weighted by molar-refractivity contribution is 5.94. The van der Waals surface area contributed by atoms with Crippen LogP contribution in [0, 0.1) is 0 Å². The Kier molecular flexibility index (Phi) is 3.21. The van der Waals surface area contributed by atoms with Crippen molar-refractivity contribution in [1.82, 2.24) is 9.13 Å². The minimum atomic E-state index is -1.07. The maximum Gasteiger partial charge on any atom is 0.344 e. The zero-order valence-corrected chi connectivity index (χ0v) is 9.51. The Balaban J connectivity index is 3.90. The number of carbonyl (C=O) groups excluding carboxylic acids is 3. The van der Waals surface area contributed by atoms with Crippen molar-refractivity contribution in [2.24, 2.45) is 0 Å². The van der Waals surface area contributed by atoms with E-state index in [1.54, 1.807) is 0 Å². The quantitative estimate of drug-likeness (QED) is 0.616. The summed E-state index contributed by atoms with van der Waals surface area (Å²) in [6.45, 7) is 3.19. The lowest BCUT2D eigenvalue weighted by atomic mass is 10.2. The molecule has 1 aromatic rings. The van der Waals surface area contributed by atoms with E-state index in [9.17, 15) is 24.0 Å². The highest BCUT2D eigenvalue weighted by Crippen LogP contribution is 1.92. The minimum absolute atomic E-state index is 0.262. The van der Waals surface area contributed by atoms with Crippen LogP contribution in [0.4, 0.5) is 0 Å². The van der Waals surface area contributed by atoms with Gasteiger partial charge >= 0.3 is 5.69 Å². The second-order valence-corrected chi connectivity index (χ2v) is 3.43. The first-order chi connectivity index (χ1) is 7.77. The van der Waals surface area contributed by atoms with Crippen LogP contribution in [0.5, 0.6) is 0 Å². The van der Waals surface area contributed by atoms with Gasteiger partial charge in [-0.05, 0) is 6.92 Å². The summed E-state index contributed by atoms with van der Waals surface area (Å²) in [6, 6.07) is 0. The molecule has 0 spiro atoms. The molecular weight excluding hydrogens is 228 g/mol. The molecule has 0 bridgehead atoms. The van der Waals surface area contributed by atoms with Gasteiger partial charge < -0.3 is 0 Å². The van der Waals surface area contributed by atoms with Crippen LogP contribution < -0.4 is 11.2 Å². The van der Waals surface area contributed by atoms with Crippen molar-refractivity contribution in [1.29, 1.82) is 0 Å². The van der Waals surface area contributed by atoms with E-state index in [0.717, 1.165) is 27.0 Å². The van der Waals surface area contributed by atoms with Crippen LogP contribution in [-0.2, 0) is 0 Å². The molecule has 0 fully saturated rings. The molecule has 0 saturated carbocycles. The fraction of sp³-hybridized carbons (Fsp3) is 0.300. The molecule has 0 aliphatic heterocycles. The molecule has 1 rings (SSSR count). The number of hydrogen-bond acceptors (Lipinski definition) is 5. The van der Waals surface area contributed by atoms with Gasteiger partial charge in [0.15, 0.2) is 5.78 Å². The number of aromatic nitrogens is 2. The molecule has 0 atom stereocenters. The van der Waals surface area contributed by atoms with E-state index < -0.39 is 28.8 Å². The largest absolute Gasteiger partial charge is 0.344 e. The molecular formula is C10H10N2O5. The van der Waals surface area contributed by atoms with Gasteiger partial charge in [0.05, 0.1) is 0 Å². The van der Waals surface area contributed by atoms with Crippen molar-refractivity contribution in [3.8, 4) is 0 Å². The van der Waals surface area contributed by atoms with Gasteiger partial charge in [0, 0.05) is 20.0 Å². The summed E-state index contributed by atoms with van der Waals surface area (Å²) < 4.78 is 0.817. The molecule has 1 aromatic heterocycles. The predicted octanol–water partition coefficient (Wildman–Crippen LogP) is -0.467. The first-order valence-corrected chi connectivity index (χ1v) is 4.69. The lowest BCUT2D eigenvalue weighted by Crippen LogP contribution is -2.45. The monoisotopic (exact) mass is 238 g/mol. The van der Waals surface area contributed by atoms with Crippen LogP contribution >= 0.6 is 0 Å². The topological polar surface area (TPSA) is 95.2 Å². The number of hydrogen-bond donors (Lipinski definition) is 0. The summed E-state index contributed by atoms with van der Waals surface area (Å²) in [7, 11) is 0. The van der Waals surface area contributed by atoms with Crippen molar-refractivity contribution in [2.75, 3.05) is 0 Å². The first kappa shape index (κ1) is 12.8. The minimum Gasteiger partial charge on any atom is -0.294 e. The van der Waals surface area contributed by atoms with Crippen molar-refractivity contribution in [3.05, 3.63) is 32.6 Å². The molecule has 0 aliphatic carbocycles. The van der Waals surface area contributed by atoms with E-state index in [1.165, 1.54) is 0 Å². The third-order valence-electron chi connectivity index (χ3n) is 2.12.